The molecule has 2 unspecified atom stereocenters. The average Bonchev–Trinajstić information content (AvgIpc) is 2.90. The summed E-state index contributed by atoms with van der Waals surface area (Å²) in [6, 6.07) is 7.52. The highest BCUT2D eigenvalue weighted by atomic mass is 16.5. The van der Waals surface area contributed by atoms with Gasteiger partial charge in [-0.15, -0.1) is 0 Å². The van der Waals surface area contributed by atoms with Crippen LogP contribution < -0.4 is 5.73 Å². The molecule has 2 heterocycles. The van der Waals surface area contributed by atoms with E-state index in [1.54, 1.807) is 4.90 Å². The van der Waals surface area contributed by atoms with Crippen LogP contribution in [0.3, 0.4) is 0 Å². The van der Waals surface area contributed by atoms with Crippen molar-refractivity contribution < 1.29 is 9.53 Å². The molecule has 1 amide bonds. The van der Waals surface area contributed by atoms with Crippen LogP contribution in [-0.4, -0.2) is 52.8 Å². The molecule has 6 heteroatoms. The molecule has 3 rings (SSSR count). The van der Waals surface area contributed by atoms with Crippen LogP contribution in [-0.2, 0) is 4.74 Å². The zero-order valence-electron chi connectivity index (χ0n) is 11.4. The topological polar surface area (TPSA) is 84.2 Å². The molecule has 1 saturated heterocycles. The van der Waals surface area contributed by atoms with E-state index in [4.69, 9.17) is 10.5 Å². The fourth-order valence-corrected chi connectivity index (χ4v) is 2.45. The quantitative estimate of drug-likeness (QED) is 0.846. The number of hydrogen-bond acceptors (Lipinski definition) is 4. The van der Waals surface area contributed by atoms with E-state index < -0.39 is 0 Å². The highest BCUT2D eigenvalue weighted by Gasteiger charge is 2.29. The fourth-order valence-electron chi connectivity index (χ4n) is 2.45. The van der Waals surface area contributed by atoms with Crippen molar-refractivity contribution in [2.45, 2.75) is 19.1 Å². The lowest BCUT2D eigenvalue weighted by atomic mass is 10.1. The molecule has 2 aromatic rings. The molecule has 20 heavy (non-hydrogen) atoms. The van der Waals surface area contributed by atoms with Crippen LogP contribution in [0.1, 0.15) is 17.4 Å². The van der Waals surface area contributed by atoms with E-state index in [9.17, 15) is 4.79 Å². The Morgan fingerprint density at radius 2 is 2.35 bits per heavy atom. The molecule has 1 aromatic heterocycles. The van der Waals surface area contributed by atoms with Crippen molar-refractivity contribution in [2.24, 2.45) is 5.73 Å². The normalized spacial score (nSPS) is 21.1. The number of rotatable bonds is 2. The second kappa shape index (κ2) is 5.22. The van der Waals surface area contributed by atoms with E-state index in [1.165, 1.54) is 0 Å². The number of para-hydroxylation sites is 1. The van der Waals surface area contributed by atoms with Gasteiger partial charge < -0.3 is 15.4 Å². The SMILES string of the molecule is CC(N)C1CN(C(=O)c2n[nH]c3ccccc23)CCO1. The number of aromatic nitrogens is 2. The summed E-state index contributed by atoms with van der Waals surface area (Å²) in [4.78, 5) is 14.4. The third kappa shape index (κ3) is 2.28. The van der Waals surface area contributed by atoms with Gasteiger partial charge in [0, 0.05) is 24.5 Å². The second-order valence-electron chi connectivity index (χ2n) is 5.14. The Hall–Kier alpha value is -1.92. The minimum absolute atomic E-state index is 0.0728. The second-order valence-corrected chi connectivity index (χ2v) is 5.14. The number of carbonyl (C=O) groups excluding carboxylic acids is 1. The van der Waals surface area contributed by atoms with E-state index in [0.717, 1.165) is 10.9 Å². The van der Waals surface area contributed by atoms with Gasteiger partial charge in [0.1, 0.15) is 0 Å². The van der Waals surface area contributed by atoms with Gasteiger partial charge in [-0.3, -0.25) is 9.89 Å². The first kappa shape index (κ1) is 13.1. The van der Waals surface area contributed by atoms with Gasteiger partial charge in [-0.2, -0.15) is 5.10 Å². The maximum atomic E-state index is 12.6. The third-order valence-electron chi connectivity index (χ3n) is 3.64. The highest BCUT2D eigenvalue weighted by molar-refractivity contribution is 6.04. The maximum Gasteiger partial charge on any atom is 0.275 e. The first-order chi connectivity index (χ1) is 9.66. The van der Waals surface area contributed by atoms with Gasteiger partial charge in [-0.25, -0.2) is 0 Å². The molecule has 1 fully saturated rings. The summed E-state index contributed by atoms with van der Waals surface area (Å²) in [5.74, 6) is -0.0728. The first-order valence-electron chi connectivity index (χ1n) is 6.76. The van der Waals surface area contributed by atoms with Crippen LogP contribution in [0, 0.1) is 0 Å². The Kier molecular flexibility index (Phi) is 3.42. The summed E-state index contributed by atoms with van der Waals surface area (Å²) >= 11 is 0. The Balaban J connectivity index is 1.85. The number of nitrogens with one attached hydrogen (secondary N) is 1. The number of H-pyrrole nitrogens is 1. The Morgan fingerprint density at radius 1 is 1.55 bits per heavy atom. The van der Waals surface area contributed by atoms with E-state index in [2.05, 4.69) is 10.2 Å². The van der Waals surface area contributed by atoms with Gasteiger partial charge >= 0.3 is 0 Å². The van der Waals surface area contributed by atoms with Crippen LogP contribution in [0.2, 0.25) is 0 Å². The van der Waals surface area contributed by atoms with Gasteiger partial charge in [0.25, 0.3) is 5.91 Å². The third-order valence-corrected chi connectivity index (χ3v) is 3.64. The standard InChI is InChI=1S/C14H18N4O2/c1-9(15)12-8-18(6-7-20-12)14(19)13-10-4-2-3-5-11(10)16-17-13/h2-5,9,12H,6-8,15H2,1H3,(H,16,17). The molecule has 1 aliphatic rings. The van der Waals surface area contributed by atoms with Crippen molar-refractivity contribution in [3.05, 3.63) is 30.0 Å². The van der Waals surface area contributed by atoms with Gasteiger partial charge in [0.15, 0.2) is 5.69 Å². The molecular formula is C14H18N4O2. The molecule has 0 saturated carbocycles. The number of benzene rings is 1. The van der Waals surface area contributed by atoms with Crippen LogP contribution in [0.4, 0.5) is 0 Å². The number of morpholine rings is 1. The molecule has 1 aliphatic heterocycles. The molecular weight excluding hydrogens is 256 g/mol. The summed E-state index contributed by atoms with van der Waals surface area (Å²) in [7, 11) is 0. The number of nitrogens with two attached hydrogens (primary N) is 1. The molecule has 6 nitrogen and oxygen atoms in total. The molecule has 0 spiro atoms. The van der Waals surface area contributed by atoms with Crippen molar-refractivity contribution in [3.63, 3.8) is 0 Å². The van der Waals surface area contributed by atoms with E-state index in [1.807, 2.05) is 31.2 Å². The van der Waals surface area contributed by atoms with E-state index >= 15 is 0 Å². The molecule has 106 valence electrons. The zero-order chi connectivity index (χ0) is 14.1. The maximum absolute atomic E-state index is 12.6. The van der Waals surface area contributed by atoms with Crippen LogP contribution >= 0.6 is 0 Å². The molecule has 0 aliphatic carbocycles. The summed E-state index contributed by atoms with van der Waals surface area (Å²) in [6.07, 6.45) is -0.113. The largest absolute Gasteiger partial charge is 0.373 e. The van der Waals surface area contributed by atoms with Gasteiger partial charge in [0.05, 0.1) is 18.2 Å². The van der Waals surface area contributed by atoms with Gasteiger partial charge in [-0.1, -0.05) is 18.2 Å². The lowest BCUT2D eigenvalue weighted by Gasteiger charge is -2.34. The summed E-state index contributed by atoms with van der Waals surface area (Å²) in [5.41, 5.74) is 7.19. The number of nitrogens with zero attached hydrogens (tertiary/aromatic N) is 2. The van der Waals surface area contributed by atoms with Gasteiger partial charge in [0.2, 0.25) is 0 Å². The smallest absolute Gasteiger partial charge is 0.275 e. The van der Waals surface area contributed by atoms with Crippen LogP contribution in [0.25, 0.3) is 10.9 Å². The molecule has 2 atom stereocenters. The number of amides is 1. The van der Waals surface area contributed by atoms with Crippen molar-refractivity contribution >= 4 is 16.8 Å². The fraction of sp³-hybridized carbons (Fsp3) is 0.429. The van der Waals surface area contributed by atoms with Crippen molar-refractivity contribution in [2.75, 3.05) is 19.7 Å². The predicted octanol–water partition coefficient (Wildman–Crippen LogP) is 0.751. The highest BCUT2D eigenvalue weighted by Crippen LogP contribution is 2.18. The number of fused-ring (bicyclic) bond motifs is 1. The summed E-state index contributed by atoms with van der Waals surface area (Å²) in [6.45, 7) is 3.49. The Bertz CT molecular complexity index is 622. The average molecular weight is 274 g/mol. The van der Waals surface area contributed by atoms with Crippen molar-refractivity contribution in [1.82, 2.24) is 15.1 Å². The lowest BCUT2D eigenvalue weighted by Crippen LogP contribution is -2.51. The number of ether oxygens (including phenoxy) is 1. The molecule has 0 radical (unpaired) electrons. The number of aromatic amines is 1. The van der Waals surface area contributed by atoms with Crippen LogP contribution in [0.15, 0.2) is 24.3 Å². The van der Waals surface area contributed by atoms with E-state index in [0.29, 0.717) is 25.4 Å². The molecule has 1 aromatic carbocycles. The minimum atomic E-state index is -0.113. The summed E-state index contributed by atoms with van der Waals surface area (Å²) in [5, 5.41) is 7.89. The van der Waals surface area contributed by atoms with Crippen LogP contribution in [0.5, 0.6) is 0 Å². The monoisotopic (exact) mass is 274 g/mol. The van der Waals surface area contributed by atoms with E-state index in [-0.39, 0.29) is 18.1 Å². The first-order valence-corrected chi connectivity index (χ1v) is 6.76. The predicted molar refractivity (Wildman–Crippen MR) is 75.4 cm³/mol. The minimum Gasteiger partial charge on any atom is -0.373 e. The van der Waals surface area contributed by atoms with Crippen molar-refractivity contribution in [1.29, 1.82) is 0 Å². The molecule has 0 bridgehead atoms. The number of carbonyl (C=O) groups is 1. The zero-order valence-corrected chi connectivity index (χ0v) is 11.4. The lowest BCUT2D eigenvalue weighted by molar-refractivity contribution is -0.0301. The van der Waals surface area contributed by atoms with Gasteiger partial charge in [-0.05, 0) is 13.0 Å². The summed E-state index contributed by atoms with van der Waals surface area (Å²) < 4.78 is 5.58. The number of hydrogen-bond donors (Lipinski definition) is 2. The Labute approximate surface area is 116 Å². The Morgan fingerprint density at radius 3 is 3.15 bits per heavy atom. The van der Waals surface area contributed by atoms with Crippen molar-refractivity contribution in [3.8, 4) is 0 Å². The molecule has 3 N–H and O–H groups in total.